The normalized spacial score (nSPS) is 17.7. The molecule has 26 heteroatoms. The number of nitrogens with two attached hydrogens (primary N) is 3. The Labute approximate surface area is 439 Å². The summed E-state index contributed by atoms with van der Waals surface area (Å²) >= 11 is 1.42. The molecule has 0 bridgehead atoms. The number of thioether (sulfide) groups is 1. The summed E-state index contributed by atoms with van der Waals surface area (Å²) in [4.78, 5) is 139. The van der Waals surface area contributed by atoms with Gasteiger partial charge >= 0.3 is 5.97 Å². The molecule has 0 spiro atoms. The molecule has 5 rings (SSSR count). The third-order valence-corrected chi connectivity index (χ3v) is 13.7. The molecule has 2 aliphatic heterocycles. The van der Waals surface area contributed by atoms with Gasteiger partial charge in [0.05, 0.1) is 18.9 Å². The Kier molecular flexibility index (Phi) is 22.3. The average molecular weight is 1060 g/mol. The van der Waals surface area contributed by atoms with Crippen LogP contribution < -0.4 is 49.1 Å². The van der Waals surface area contributed by atoms with Crippen molar-refractivity contribution in [3.63, 3.8) is 0 Å². The second-order valence-electron chi connectivity index (χ2n) is 19.3. The second-order valence-corrected chi connectivity index (χ2v) is 20.3. The minimum atomic E-state index is -1.33. The van der Waals surface area contributed by atoms with Gasteiger partial charge in [-0.15, -0.1) is 0 Å². The van der Waals surface area contributed by atoms with Crippen LogP contribution in [0.1, 0.15) is 83.4 Å². The molecule has 0 aliphatic carbocycles. The smallest absolute Gasteiger partial charge is 0.326 e. The first kappa shape index (κ1) is 58.7. The maximum absolute atomic E-state index is 14.3. The first-order valence-electron chi connectivity index (χ1n) is 25.2. The molecule has 2 fully saturated rings. The number of carbonyl (C=O) groups is 9. The van der Waals surface area contributed by atoms with Crippen molar-refractivity contribution < 1.29 is 48.3 Å². The quantitative estimate of drug-likeness (QED) is 0.0223. The lowest BCUT2D eigenvalue weighted by Gasteiger charge is -2.32. The van der Waals surface area contributed by atoms with E-state index in [2.05, 4.69) is 51.8 Å². The fourth-order valence-electron chi connectivity index (χ4n) is 9.13. The van der Waals surface area contributed by atoms with Gasteiger partial charge in [0.25, 0.3) is 0 Å². The van der Waals surface area contributed by atoms with E-state index in [1.54, 1.807) is 20.0 Å². The molecule has 2 aromatic heterocycles. The number of guanidine groups is 1. The van der Waals surface area contributed by atoms with Gasteiger partial charge in [-0.3, -0.25) is 43.3 Å². The number of carbonyl (C=O) groups excluding carboxylic acids is 8. The van der Waals surface area contributed by atoms with Crippen LogP contribution in [-0.2, 0) is 56.0 Å². The van der Waals surface area contributed by atoms with Gasteiger partial charge in [0.1, 0.15) is 42.3 Å². The molecular formula is C49H73N15O10S. The van der Waals surface area contributed by atoms with Gasteiger partial charge in [-0.05, 0) is 94.3 Å². The molecule has 0 saturated carbocycles. The monoisotopic (exact) mass is 1060 g/mol. The first-order valence-corrected chi connectivity index (χ1v) is 26.6. The molecule has 25 nitrogen and oxygen atoms in total. The highest BCUT2D eigenvalue weighted by Crippen LogP contribution is 2.26. The standard InChI is InChI=1S/C49H73N15O10S/c1-27(2)20-37(48(73)74)62-41(66)28(3)58-45(70)36(22-30-24-53-26-57-30)61-43(68)34(12-7-16-54-49(51)52)59-44(69)35(15-19-75-4)60-46(71)38-13-8-18-64(38)47(72)39-14-9-17-63(39)40(65)25-56-42(67)32(50)21-29-23-55-33-11-6-5-10-31(29)33/h5-6,10-11,23-24,26-28,32,34-39,55H,7-9,12-22,25,50H2,1-4H3,(H,53,57)(H,56,67)(H,58,70)(H,59,69)(H,60,71)(H,61,68)(H,62,66)(H,73,74)(H4,51,52,54)/t28-,32-,34-,35-,36-,37-,38-,39-/m0/s1. The molecule has 15 N–H and O–H groups in total. The van der Waals surface area contributed by atoms with Crippen molar-refractivity contribution in [1.82, 2.24) is 56.7 Å². The fraction of sp³-hybridized carbons (Fsp3) is 0.571. The Morgan fingerprint density at radius 3 is 2.12 bits per heavy atom. The molecule has 0 unspecified atom stereocenters. The highest BCUT2D eigenvalue weighted by Gasteiger charge is 2.43. The number of hydrogen-bond acceptors (Lipinski definition) is 13. The molecule has 0 radical (unpaired) electrons. The maximum Gasteiger partial charge on any atom is 0.326 e. The largest absolute Gasteiger partial charge is 0.480 e. The zero-order valence-corrected chi connectivity index (χ0v) is 43.7. The zero-order chi connectivity index (χ0) is 54.8. The first-order chi connectivity index (χ1) is 35.8. The number of aliphatic carboxylic acids is 1. The number of benzene rings is 1. The molecule has 3 aromatic rings. The van der Waals surface area contributed by atoms with E-state index in [-0.39, 0.29) is 83.0 Å². The predicted octanol–water partition coefficient (Wildman–Crippen LogP) is -1.52. The van der Waals surface area contributed by atoms with Crippen molar-refractivity contribution >= 4 is 81.9 Å². The highest BCUT2D eigenvalue weighted by atomic mass is 32.2. The van der Waals surface area contributed by atoms with Crippen LogP contribution in [0.15, 0.2) is 48.0 Å². The van der Waals surface area contributed by atoms with Crippen LogP contribution in [0.4, 0.5) is 0 Å². The van der Waals surface area contributed by atoms with Gasteiger partial charge in [0.2, 0.25) is 47.3 Å². The van der Waals surface area contributed by atoms with Gasteiger partial charge in [0, 0.05) is 55.0 Å². The molecule has 75 heavy (non-hydrogen) atoms. The fourth-order valence-corrected chi connectivity index (χ4v) is 9.60. The molecular weight excluding hydrogens is 991 g/mol. The molecule has 1 aromatic carbocycles. The van der Waals surface area contributed by atoms with E-state index < -0.39 is 102 Å². The average Bonchev–Trinajstić information content (AvgIpc) is 4.23. The number of fused-ring (bicyclic) bond motifs is 1. The van der Waals surface area contributed by atoms with E-state index in [1.165, 1.54) is 41.0 Å². The Bertz CT molecular complexity index is 2500. The maximum atomic E-state index is 14.3. The zero-order valence-electron chi connectivity index (χ0n) is 42.9. The summed E-state index contributed by atoms with van der Waals surface area (Å²) in [5.74, 6) is -6.15. The number of rotatable bonds is 28. The van der Waals surface area contributed by atoms with Crippen molar-refractivity contribution in [2.24, 2.45) is 28.1 Å². The lowest BCUT2D eigenvalue weighted by molar-refractivity contribution is -0.147. The number of nitrogens with zero attached hydrogens (tertiary/aromatic N) is 4. The number of aromatic nitrogens is 3. The Balaban J connectivity index is 1.24. The predicted molar refractivity (Wildman–Crippen MR) is 280 cm³/mol. The number of carboxylic acid groups (broad SMARTS) is 1. The number of H-pyrrole nitrogens is 2. The van der Waals surface area contributed by atoms with E-state index in [9.17, 15) is 48.3 Å². The van der Waals surface area contributed by atoms with E-state index in [1.807, 2.05) is 30.5 Å². The summed E-state index contributed by atoms with van der Waals surface area (Å²) in [6, 6.07) is -1.41. The molecule has 4 heterocycles. The van der Waals surface area contributed by atoms with Crippen LogP contribution in [0.2, 0.25) is 0 Å². The van der Waals surface area contributed by atoms with Gasteiger partial charge in [-0.2, -0.15) is 11.8 Å². The highest BCUT2D eigenvalue weighted by molar-refractivity contribution is 7.98. The second kappa shape index (κ2) is 28.5. The van der Waals surface area contributed by atoms with Gasteiger partial charge in [-0.1, -0.05) is 32.0 Å². The minimum absolute atomic E-state index is 0.0236. The van der Waals surface area contributed by atoms with E-state index >= 15 is 0 Å². The Hall–Kier alpha value is -7.22. The van der Waals surface area contributed by atoms with Gasteiger partial charge in [-0.25, -0.2) is 9.78 Å². The van der Waals surface area contributed by atoms with Gasteiger partial charge in [0.15, 0.2) is 5.96 Å². The number of aromatic amines is 2. The third kappa shape index (κ3) is 17.2. The number of hydrogen-bond donors (Lipinski definition) is 12. The van der Waals surface area contributed by atoms with Crippen molar-refractivity contribution in [2.75, 3.05) is 38.2 Å². The number of likely N-dealkylation sites (tertiary alicyclic amines) is 2. The molecule has 2 aliphatic rings. The summed E-state index contributed by atoms with van der Waals surface area (Å²) in [5, 5.41) is 26.4. The Morgan fingerprint density at radius 1 is 0.800 bits per heavy atom. The number of aliphatic imine (C=N–C) groups is 1. The lowest BCUT2D eigenvalue weighted by Crippen LogP contribution is -2.60. The van der Waals surface area contributed by atoms with Gasteiger partial charge < -0.3 is 74.0 Å². The van der Waals surface area contributed by atoms with Crippen molar-refractivity contribution in [3.8, 4) is 0 Å². The third-order valence-electron chi connectivity index (χ3n) is 13.1. The van der Waals surface area contributed by atoms with Crippen LogP contribution in [0, 0.1) is 5.92 Å². The van der Waals surface area contributed by atoms with E-state index in [0.717, 1.165) is 16.5 Å². The van der Waals surface area contributed by atoms with Crippen molar-refractivity contribution in [2.45, 2.75) is 133 Å². The summed E-state index contributed by atoms with van der Waals surface area (Å²) in [5.41, 5.74) is 19.5. The number of imidazole rings is 1. The Morgan fingerprint density at radius 2 is 1.45 bits per heavy atom. The van der Waals surface area contributed by atoms with Crippen LogP contribution in [0.25, 0.3) is 10.9 Å². The van der Waals surface area contributed by atoms with Crippen LogP contribution in [0.5, 0.6) is 0 Å². The number of para-hydroxylation sites is 1. The van der Waals surface area contributed by atoms with E-state index in [0.29, 0.717) is 30.7 Å². The van der Waals surface area contributed by atoms with Crippen LogP contribution in [0.3, 0.4) is 0 Å². The summed E-state index contributed by atoms with van der Waals surface area (Å²) in [6.45, 7) is 5.18. The molecule has 8 amide bonds. The summed E-state index contributed by atoms with van der Waals surface area (Å²) in [7, 11) is 0. The molecule has 2 saturated heterocycles. The van der Waals surface area contributed by atoms with E-state index in [4.69, 9.17) is 17.2 Å². The number of nitrogens with one attached hydrogen (secondary N) is 8. The summed E-state index contributed by atoms with van der Waals surface area (Å²) < 4.78 is 0. The van der Waals surface area contributed by atoms with Crippen molar-refractivity contribution in [3.05, 3.63) is 54.2 Å². The minimum Gasteiger partial charge on any atom is -0.480 e. The number of carboxylic acids is 1. The lowest BCUT2D eigenvalue weighted by atomic mass is 10.0. The topological polar surface area (TPSA) is 387 Å². The SMILES string of the molecule is CSCC[C@H](NC(=O)[C@@H]1CCCN1C(=O)[C@@H]1CCCN1C(=O)CNC(=O)[C@@H](N)Cc1c[nH]c2ccccc12)C(=O)N[C@@H](CCCN=C(N)N)C(=O)N[C@@H](Cc1cnc[nH]1)C(=O)N[C@@H](C)C(=O)N[C@@H](CC(C)C)C(=O)O. The van der Waals surface area contributed by atoms with Crippen molar-refractivity contribution in [1.29, 1.82) is 0 Å². The van der Waals surface area contributed by atoms with Crippen LogP contribution in [-0.4, -0.2) is 176 Å². The molecule has 8 atom stereocenters. The number of amides is 8. The summed E-state index contributed by atoms with van der Waals surface area (Å²) in [6.07, 6.45) is 8.63. The molecule has 410 valence electrons. The van der Waals surface area contributed by atoms with Crippen LogP contribution >= 0.6 is 11.8 Å².